The number of carbonyl (C=O) groups is 2. The number of rotatable bonds is 8. The summed E-state index contributed by atoms with van der Waals surface area (Å²) >= 11 is 0. The van der Waals surface area contributed by atoms with E-state index in [1.54, 1.807) is 32.9 Å². The standard InChI is InChI=1S/C17H26N2O4/c1-6-19(4)17(21)12(2)18-16(20)13(3)23-11-14-8-7-9-15(10-14)22-5/h7-10,12-13H,6,11H2,1-5H3,(H,18,20)/t12-,13+/m0/s1. The Kier molecular flexibility index (Phi) is 7.54. The molecule has 0 aliphatic carbocycles. The van der Waals surface area contributed by atoms with E-state index in [1.807, 2.05) is 31.2 Å². The largest absolute Gasteiger partial charge is 0.497 e. The third-order valence-corrected chi connectivity index (χ3v) is 3.58. The van der Waals surface area contributed by atoms with Crippen molar-refractivity contribution >= 4 is 11.8 Å². The molecule has 1 N–H and O–H groups in total. The predicted molar refractivity (Wildman–Crippen MR) is 88.2 cm³/mol. The van der Waals surface area contributed by atoms with Crippen molar-refractivity contribution in [1.82, 2.24) is 10.2 Å². The second-order valence-electron chi connectivity index (χ2n) is 5.39. The monoisotopic (exact) mass is 322 g/mol. The Morgan fingerprint density at radius 3 is 2.61 bits per heavy atom. The average Bonchev–Trinajstić information content (AvgIpc) is 2.58. The highest BCUT2D eigenvalue weighted by Gasteiger charge is 2.21. The van der Waals surface area contributed by atoms with E-state index in [2.05, 4.69) is 5.32 Å². The number of hydrogen-bond acceptors (Lipinski definition) is 4. The third-order valence-electron chi connectivity index (χ3n) is 3.58. The smallest absolute Gasteiger partial charge is 0.249 e. The molecule has 1 aromatic carbocycles. The predicted octanol–water partition coefficient (Wildman–Crippen LogP) is 1.58. The molecular formula is C17H26N2O4. The van der Waals surface area contributed by atoms with Crippen LogP contribution < -0.4 is 10.1 Å². The van der Waals surface area contributed by atoms with Crippen molar-refractivity contribution in [1.29, 1.82) is 0 Å². The first-order valence-corrected chi connectivity index (χ1v) is 7.68. The van der Waals surface area contributed by atoms with Gasteiger partial charge in [-0.2, -0.15) is 0 Å². The molecule has 0 aliphatic heterocycles. The van der Waals surface area contributed by atoms with Gasteiger partial charge in [0.1, 0.15) is 17.9 Å². The molecule has 0 radical (unpaired) electrons. The van der Waals surface area contributed by atoms with Gasteiger partial charge < -0.3 is 19.7 Å². The molecule has 6 heteroatoms. The lowest BCUT2D eigenvalue weighted by Crippen LogP contribution is -2.48. The molecule has 0 saturated carbocycles. The van der Waals surface area contributed by atoms with Gasteiger partial charge in [-0.15, -0.1) is 0 Å². The molecule has 1 rings (SSSR count). The van der Waals surface area contributed by atoms with Crippen LogP contribution in [0.25, 0.3) is 0 Å². The van der Waals surface area contributed by atoms with Crippen LogP contribution in [-0.2, 0) is 20.9 Å². The summed E-state index contributed by atoms with van der Waals surface area (Å²) in [7, 11) is 3.30. The van der Waals surface area contributed by atoms with E-state index in [0.717, 1.165) is 11.3 Å². The van der Waals surface area contributed by atoms with Gasteiger partial charge in [0.05, 0.1) is 13.7 Å². The fourth-order valence-corrected chi connectivity index (χ4v) is 1.94. The molecule has 2 atom stereocenters. The molecule has 2 amide bonds. The zero-order chi connectivity index (χ0) is 17.4. The normalized spacial score (nSPS) is 13.1. The molecule has 0 saturated heterocycles. The summed E-state index contributed by atoms with van der Waals surface area (Å²) in [5, 5.41) is 2.67. The molecule has 0 aliphatic rings. The van der Waals surface area contributed by atoms with Crippen molar-refractivity contribution in [2.24, 2.45) is 0 Å². The lowest BCUT2D eigenvalue weighted by Gasteiger charge is -2.22. The number of amides is 2. The highest BCUT2D eigenvalue weighted by Crippen LogP contribution is 2.13. The molecule has 23 heavy (non-hydrogen) atoms. The lowest BCUT2D eigenvalue weighted by atomic mass is 10.2. The minimum atomic E-state index is -0.650. The minimum absolute atomic E-state index is 0.124. The van der Waals surface area contributed by atoms with E-state index in [4.69, 9.17) is 9.47 Å². The van der Waals surface area contributed by atoms with Crippen molar-refractivity contribution < 1.29 is 19.1 Å². The first kappa shape index (κ1) is 19.0. The van der Waals surface area contributed by atoms with Gasteiger partial charge in [-0.25, -0.2) is 0 Å². The summed E-state index contributed by atoms with van der Waals surface area (Å²) in [6.45, 7) is 6.10. The second kappa shape index (κ2) is 9.15. The highest BCUT2D eigenvalue weighted by atomic mass is 16.5. The molecular weight excluding hydrogens is 296 g/mol. The van der Waals surface area contributed by atoms with Crippen LogP contribution >= 0.6 is 0 Å². The number of ether oxygens (including phenoxy) is 2. The number of carbonyl (C=O) groups excluding carboxylic acids is 2. The van der Waals surface area contributed by atoms with Crippen molar-refractivity contribution in [3.63, 3.8) is 0 Å². The van der Waals surface area contributed by atoms with Crippen molar-refractivity contribution in [3.8, 4) is 5.75 Å². The molecule has 1 aromatic rings. The molecule has 128 valence electrons. The van der Waals surface area contributed by atoms with E-state index in [9.17, 15) is 9.59 Å². The van der Waals surface area contributed by atoms with Crippen LogP contribution in [0.4, 0.5) is 0 Å². The zero-order valence-electron chi connectivity index (χ0n) is 14.5. The van der Waals surface area contributed by atoms with E-state index >= 15 is 0 Å². The summed E-state index contributed by atoms with van der Waals surface area (Å²) in [6, 6.07) is 6.89. The van der Waals surface area contributed by atoms with Crippen LogP contribution in [0.1, 0.15) is 26.3 Å². The van der Waals surface area contributed by atoms with Gasteiger partial charge in [-0.1, -0.05) is 12.1 Å². The maximum absolute atomic E-state index is 12.1. The number of nitrogens with one attached hydrogen (secondary N) is 1. The summed E-state index contributed by atoms with van der Waals surface area (Å²) < 4.78 is 10.7. The van der Waals surface area contributed by atoms with Crippen molar-refractivity contribution in [2.75, 3.05) is 20.7 Å². The molecule has 0 aromatic heterocycles. The number of hydrogen-bond donors (Lipinski definition) is 1. The molecule has 0 fully saturated rings. The van der Waals surface area contributed by atoms with Crippen LogP contribution in [0.5, 0.6) is 5.75 Å². The van der Waals surface area contributed by atoms with Gasteiger partial charge in [0.15, 0.2) is 0 Å². The van der Waals surface area contributed by atoms with Crippen LogP contribution in [0.2, 0.25) is 0 Å². The van der Waals surface area contributed by atoms with Crippen molar-refractivity contribution in [2.45, 2.75) is 39.5 Å². The third kappa shape index (κ3) is 5.90. The quantitative estimate of drug-likeness (QED) is 0.789. The Balaban J connectivity index is 2.49. The Morgan fingerprint density at radius 1 is 1.30 bits per heavy atom. The first-order chi connectivity index (χ1) is 10.9. The molecule has 0 heterocycles. The zero-order valence-corrected chi connectivity index (χ0v) is 14.5. The molecule has 6 nitrogen and oxygen atoms in total. The van der Waals surface area contributed by atoms with Gasteiger partial charge in [-0.05, 0) is 38.5 Å². The van der Waals surface area contributed by atoms with Crippen LogP contribution in [0.3, 0.4) is 0 Å². The summed E-state index contributed by atoms with van der Waals surface area (Å²) in [5.41, 5.74) is 0.916. The molecule has 0 spiro atoms. The fourth-order valence-electron chi connectivity index (χ4n) is 1.94. The molecule has 0 unspecified atom stereocenters. The minimum Gasteiger partial charge on any atom is -0.497 e. The Hall–Kier alpha value is -2.08. The maximum atomic E-state index is 12.1. The number of likely N-dealkylation sites (N-methyl/N-ethyl adjacent to an activating group) is 1. The maximum Gasteiger partial charge on any atom is 0.249 e. The van der Waals surface area contributed by atoms with Crippen LogP contribution in [0, 0.1) is 0 Å². The highest BCUT2D eigenvalue weighted by molar-refractivity contribution is 5.88. The van der Waals surface area contributed by atoms with Gasteiger partial charge in [0.2, 0.25) is 11.8 Å². The van der Waals surface area contributed by atoms with E-state index < -0.39 is 12.1 Å². The van der Waals surface area contributed by atoms with Crippen LogP contribution in [-0.4, -0.2) is 49.6 Å². The topological polar surface area (TPSA) is 67.9 Å². The number of nitrogens with zero attached hydrogens (tertiary/aromatic N) is 1. The SMILES string of the molecule is CCN(C)C(=O)[C@H](C)NC(=O)[C@@H](C)OCc1cccc(OC)c1. The fraction of sp³-hybridized carbons (Fsp3) is 0.529. The molecule has 0 bridgehead atoms. The Bertz CT molecular complexity index is 533. The summed E-state index contributed by atoms with van der Waals surface area (Å²) in [5.74, 6) is 0.309. The first-order valence-electron chi connectivity index (χ1n) is 7.68. The summed E-state index contributed by atoms with van der Waals surface area (Å²) in [4.78, 5) is 25.6. The van der Waals surface area contributed by atoms with Crippen molar-refractivity contribution in [3.05, 3.63) is 29.8 Å². The van der Waals surface area contributed by atoms with Gasteiger partial charge in [0.25, 0.3) is 0 Å². The van der Waals surface area contributed by atoms with Gasteiger partial charge >= 0.3 is 0 Å². The van der Waals surface area contributed by atoms with Crippen LogP contribution in [0.15, 0.2) is 24.3 Å². The Morgan fingerprint density at radius 2 is 2.00 bits per heavy atom. The summed E-state index contributed by atoms with van der Waals surface area (Å²) in [6.07, 6.45) is -0.650. The number of methoxy groups -OCH3 is 1. The van der Waals surface area contributed by atoms with Gasteiger partial charge in [-0.3, -0.25) is 9.59 Å². The van der Waals surface area contributed by atoms with E-state index in [1.165, 1.54) is 0 Å². The van der Waals surface area contributed by atoms with E-state index in [-0.39, 0.29) is 11.8 Å². The average molecular weight is 322 g/mol. The lowest BCUT2D eigenvalue weighted by molar-refractivity contribution is -0.139. The van der Waals surface area contributed by atoms with E-state index in [0.29, 0.717) is 13.2 Å². The van der Waals surface area contributed by atoms with Gasteiger partial charge in [0, 0.05) is 13.6 Å². The Labute approximate surface area is 137 Å². The number of benzene rings is 1. The second-order valence-corrected chi connectivity index (χ2v) is 5.39.